The summed E-state index contributed by atoms with van der Waals surface area (Å²) in [6, 6.07) is 0. The SMILES string of the molecule is COC(=O)[C@H]1CCCN(CC(=O)NCC(F)(F)F)C1. The van der Waals surface area contributed by atoms with Gasteiger partial charge in [-0.25, -0.2) is 0 Å². The summed E-state index contributed by atoms with van der Waals surface area (Å²) in [5, 5.41) is 1.81. The lowest BCUT2D eigenvalue weighted by atomic mass is 9.98. The number of hydrogen-bond donors (Lipinski definition) is 1. The summed E-state index contributed by atoms with van der Waals surface area (Å²) in [7, 11) is 1.29. The van der Waals surface area contributed by atoms with E-state index in [1.165, 1.54) is 7.11 Å². The first-order valence-corrected chi connectivity index (χ1v) is 5.95. The lowest BCUT2D eigenvalue weighted by Gasteiger charge is -2.30. The molecule has 0 radical (unpaired) electrons. The Labute approximate surface area is 109 Å². The predicted octanol–water partition coefficient (Wildman–Crippen LogP) is 0.550. The van der Waals surface area contributed by atoms with Crippen molar-refractivity contribution in [1.82, 2.24) is 10.2 Å². The molecule has 0 aromatic carbocycles. The van der Waals surface area contributed by atoms with Gasteiger partial charge in [-0.15, -0.1) is 0 Å². The molecule has 0 aromatic heterocycles. The van der Waals surface area contributed by atoms with Gasteiger partial charge in [0.05, 0.1) is 19.6 Å². The quantitative estimate of drug-likeness (QED) is 0.765. The van der Waals surface area contributed by atoms with Crippen LogP contribution in [-0.2, 0) is 14.3 Å². The summed E-state index contributed by atoms with van der Waals surface area (Å²) in [6.45, 7) is -0.539. The standard InChI is InChI=1S/C11H17F3N2O3/c1-19-10(18)8-3-2-4-16(5-8)6-9(17)15-7-11(12,13)14/h8H,2-7H2,1H3,(H,15,17)/t8-/m0/s1. The van der Waals surface area contributed by atoms with Crippen molar-refractivity contribution in [1.29, 1.82) is 0 Å². The molecule has 0 saturated carbocycles. The van der Waals surface area contributed by atoms with Crippen molar-refractivity contribution >= 4 is 11.9 Å². The van der Waals surface area contributed by atoms with Gasteiger partial charge in [-0.2, -0.15) is 13.2 Å². The molecule has 110 valence electrons. The van der Waals surface area contributed by atoms with Crippen LogP contribution in [0.15, 0.2) is 0 Å². The van der Waals surface area contributed by atoms with Gasteiger partial charge in [0.25, 0.3) is 0 Å². The van der Waals surface area contributed by atoms with E-state index < -0.39 is 18.6 Å². The maximum Gasteiger partial charge on any atom is 0.405 e. The highest BCUT2D eigenvalue weighted by Gasteiger charge is 2.30. The average molecular weight is 282 g/mol. The molecule has 1 rings (SSSR count). The average Bonchev–Trinajstić information content (AvgIpc) is 2.35. The van der Waals surface area contributed by atoms with Crippen molar-refractivity contribution in [3.05, 3.63) is 0 Å². The number of halogens is 3. The highest BCUT2D eigenvalue weighted by molar-refractivity contribution is 5.78. The molecule has 1 heterocycles. The number of rotatable bonds is 4. The van der Waals surface area contributed by atoms with Crippen LogP contribution >= 0.6 is 0 Å². The number of nitrogens with zero attached hydrogens (tertiary/aromatic N) is 1. The van der Waals surface area contributed by atoms with Gasteiger partial charge in [0.2, 0.25) is 5.91 Å². The second-order valence-electron chi connectivity index (χ2n) is 4.49. The summed E-state index contributed by atoms with van der Waals surface area (Å²) in [6.07, 6.45) is -3.02. The number of carbonyl (C=O) groups is 2. The maximum absolute atomic E-state index is 11.9. The molecule has 8 heteroatoms. The molecule has 0 aromatic rings. The molecule has 1 saturated heterocycles. The molecular weight excluding hydrogens is 265 g/mol. The van der Waals surface area contributed by atoms with E-state index in [-0.39, 0.29) is 18.4 Å². The van der Waals surface area contributed by atoms with Crippen molar-refractivity contribution in [3.8, 4) is 0 Å². The number of alkyl halides is 3. The van der Waals surface area contributed by atoms with E-state index >= 15 is 0 Å². The highest BCUT2D eigenvalue weighted by Crippen LogP contribution is 2.17. The fraction of sp³-hybridized carbons (Fsp3) is 0.818. The van der Waals surface area contributed by atoms with Crippen LogP contribution in [0.4, 0.5) is 13.2 Å². The van der Waals surface area contributed by atoms with Gasteiger partial charge < -0.3 is 10.1 Å². The summed E-state index contributed by atoms with van der Waals surface area (Å²) in [4.78, 5) is 24.4. The maximum atomic E-state index is 11.9. The Bertz CT molecular complexity index is 334. The number of carbonyl (C=O) groups excluding carboxylic acids is 2. The first-order chi connectivity index (χ1) is 8.81. The molecule has 1 amide bonds. The van der Waals surface area contributed by atoms with Gasteiger partial charge in [0, 0.05) is 6.54 Å². The van der Waals surface area contributed by atoms with E-state index in [0.717, 1.165) is 0 Å². The number of methoxy groups -OCH3 is 1. The molecule has 1 atom stereocenters. The van der Waals surface area contributed by atoms with E-state index in [0.29, 0.717) is 25.9 Å². The summed E-state index contributed by atoms with van der Waals surface area (Å²) >= 11 is 0. The van der Waals surface area contributed by atoms with Gasteiger partial charge >= 0.3 is 12.1 Å². The molecule has 1 aliphatic rings. The molecule has 1 N–H and O–H groups in total. The summed E-state index contributed by atoms with van der Waals surface area (Å²) in [5.74, 6) is -1.35. The molecule has 0 unspecified atom stereocenters. The van der Waals surface area contributed by atoms with Crippen LogP contribution in [0, 0.1) is 5.92 Å². The van der Waals surface area contributed by atoms with Crippen LogP contribution in [0.25, 0.3) is 0 Å². The zero-order chi connectivity index (χ0) is 14.5. The minimum Gasteiger partial charge on any atom is -0.469 e. The van der Waals surface area contributed by atoms with Crippen LogP contribution in [0.3, 0.4) is 0 Å². The lowest BCUT2D eigenvalue weighted by molar-refractivity contribution is -0.148. The van der Waals surface area contributed by atoms with Crippen molar-refractivity contribution in [2.75, 3.05) is 33.3 Å². The monoisotopic (exact) mass is 282 g/mol. The number of piperidine rings is 1. The van der Waals surface area contributed by atoms with E-state index in [4.69, 9.17) is 0 Å². The van der Waals surface area contributed by atoms with E-state index in [1.807, 2.05) is 0 Å². The van der Waals surface area contributed by atoms with Crippen LogP contribution in [-0.4, -0.2) is 56.2 Å². The third-order valence-corrected chi connectivity index (χ3v) is 2.89. The van der Waals surface area contributed by atoms with E-state index in [9.17, 15) is 22.8 Å². The molecule has 0 spiro atoms. The molecular formula is C11H17F3N2O3. The lowest BCUT2D eigenvalue weighted by Crippen LogP contribution is -2.45. The minimum atomic E-state index is -4.41. The number of esters is 1. The molecule has 19 heavy (non-hydrogen) atoms. The molecule has 1 fully saturated rings. The van der Waals surface area contributed by atoms with Crippen LogP contribution in [0.5, 0.6) is 0 Å². The van der Waals surface area contributed by atoms with Crippen molar-refractivity contribution < 1.29 is 27.5 Å². The molecule has 0 bridgehead atoms. The zero-order valence-electron chi connectivity index (χ0n) is 10.6. The Morgan fingerprint density at radius 2 is 2.11 bits per heavy atom. The normalized spacial score (nSPS) is 20.9. The first-order valence-electron chi connectivity index (χ1n) is 5.95. The van der Waals surface area contributed by atoms with Crippen molar-refractivity contribution in [2.45, 2.75) is 19.0 Å². The zero-order valence-corrected chi connectivity index (χ0v) is 10.6. The van der Waals surface area contributed by atoms with Crippen LogP contribution in [0.2, 0.25) is 0 Å². The smallest absolute Gasteiger partial charge is 0.405 e. The van der Waals surface area contributed by atoms with Crippen LogP contribution < -0.4 is 5.32 Å². The summed E-state index contributed by atoms with van der Waals surface area (Å²) < 4.78 is 40.4. The number of ether oxygens (including phenoxy) is 1. The Kier molecular flexibility index (Phi) is 5.59. The van der Waals surface area contributed by atoms with Gasteiger partial charge in [0.1, 0.15) is 6.54 Å². The highest BCUT2D eigenvalue weighted by atomic mass is 19.4. The number of likely N-dealkylation sites (tertiary alicyclic amines) is 1. The largest absolute Gasteiger partial charge is 0.469 e. The number of hydrogen-bond acceptors (Lipinski definition) is 4. The second-order valence-corrected chi connectivity index (χ2v) is 4.49. The van der Waals surface area contributed by atoms with Gasteiger partial charge in [0.15, 0.2) is 0 Å². The van der Waals surface area contributed by atoms with E-state index in [1.54, 1.807) is 10.2 Å². The van der Waals surface area contributed by atoms with E-state index in [2.05, 4.69) is 4.74 Å². The fourth-order valence-corrected chi connectivity index (χ4v) is 2.02. The third kappa shape index (κ3) is 5.91. The second kappa shape index (κ2) is 6.74. The predicted molar refractivity (Wildman–Crippen MR) is 60.2 cm³/mol. The Morgan fingerprint density at radius 3 is 2.68 bits per heavy atom. The number of amides is 1. The topological polar surface area (TPSA) is 58.6 Å². The first kappa shape index (κ1) is 15.7. The number of nitrogens with one attached hydrogen (secondary N) is 1. The van der Waals surface area contributed by atoms with Crippen LogP contribution in [0.1, 0.15) is 12.8 Å². The molecule has 0 aliphatic carbocycles. The Hall–Kier alpha value is -1.31. The van der Waals surface area contributed by atoms with Crippen molar-refractivity contribution in [2.24, 2.45) is 5.92 Å². The van der Waals surface area contributed by atoms with Crippen molar-refractivity contribution in [3.63, 3.8) is 0 Å². The van der Waals surface area contributed by atoms with Gasteiger partial charge in [-0.1, -0.05) is 0 Å². The van der Waals surface area contributed by atoms with Gasteiger partial charge in [-0.05, 0) is 19.4 Å². The molecule has 1 aliphatic heterocycles. The van der Waals surface area contributed by atoms with Gasteiger partial charge in [-0.3, -0.25) is 14.5 Å². The fourth-order valence-electron chi connectivity index (χ4n) is 2.02. The third-order valence-electron chi connectivity index (χ3n) is 2.89. The minimum absolute atomic E-state index is 0.135. The molecule has 5 nitrogen and oxygen atoms in total. The Morgan fingerprint density at radius 1 is 1.42 bits per heavy atom. The Balaban J connectivity index is 2.36. The summed E-state index contributed by atoms with van der Waals surface area (Å²) in [5.41, 5.74) is 0.